The monoisotopic (exact) mass is 482 g/mol. The second-order valence-corrected chi connectivity index (χ2v) is 10.1. The van der Waals surface area contributed by atoms with E-state index in [9.17, 15) is 18.0 Å². The third-order valence-electron chi connectivity index (χ3n) is 5.23. The van der Waals surface area contributed by atoms with Gasteiger partial charge in [0.25, 0.3) is 5.91 Å². The van der Waals surface area contributed by atoms with Crippen molar-refractivity contribution in [1.82, 2.24) is 10.3 Å². The molecule has 0 fully saturated rings. The van der Waals surface area contributed by atoms with Crippen molar-refractivity contribution in [3.8, 4) is 0 Å². The molecule has 4 rings (SSSR count). The first-order chi connectivity index (χ1) is 15.7. The van der Waals surface area contributed by atoms with E-state index in [1.807, 2.05) is 30.5 Å². The van der Waals surface area contributed by atoms with E-state index >= 15 is 0 Å². The number of benzene rings is 2. The lowest BCUT2D eigenvalue weighted by molar-refractivity contribution is -0.118. The highest BCUT2D eigenvalue weighted by molar-refractivity contribution is 7.89. The topological polar surface area (TPSA) is 134 Å². The molecule has 2 heterocycles. The van der Waals surface area contributed by atoms with Gasteiger partial charge in [-0.15, -0.1) is 11.3 Å². The first kappa shape index (κ1) is 22.7. The number of para-hydroxylation sites is 1. The number of H-pyrrole nitrogens is 1. The summed E-state index contributed by atoms with van der Waals surface area (Å²) < 4.78 is 23.7. The van der Waals surface area contributed by atoms with Crippen molar-refractivity contribution in [3.63, 3.8) is 0 Å². The number of sulfonamides is 1. The summed E-state index contributed by atoms with van der Waals surface area (Å²) in [6, 6.07) is 14.7. The Bertz CT molecular complexity index is 1430. The molecule has 0 aliphatic carbocycles. The average molecular weight is 483 g/mol. The Morgan fingerprint density at radius 1 is 1.12 bits per heavy atom. The Morgan fingerprint density at radius 3 is 2.64 bits per heavy atom. The van der Waals surface area contributed by atoms with Gasteiger partial charge in [-0.25, -0.2) is 13.6 Å². The van der Waals surface area contributed by atoms with E-state index in [2.05, 4.69) is 15.6 Å². The maximum Gasteiger partial charge on any atom is 0.262 e. The van der Waals surface area contributed by atoms with E-state index in [4.69, 9.17) is 5.14 Å². The third kappa shape index (κ3) is 5.14. The van der Waals surface area contributed by atoms with Gasteiger partial charge >= 0.3 is 0 Å². The molecular formula is C23H22N4O4S2. The van der Waals surface area contributed by atoms with Crippen LogP contribution in [0.15, 0.2) is 71.1 Å². The standard InChI is InChI=1S/C23H22N4O4S2/c1-14-8-9-16(12-21(14)33(24,30)31)26-22(28)19(27-23(29)20-7-4-10-32-20)11-15-13-25-18-6-3-2-5-17(15)18/h2-10,12-13,19,25H,11H2,1H3,(H,26,28)(H,27,29)(H2,24,30,31)/t19-/m1/s1. The lowest BCUT2D eigenvalue weighted by Gasteiger charge is -2.18. The molecule has 4 aromatic rings. The summed E-state index contributed by atoms with van der Waals surface area (Å²) in [6.07, 6.45) is 2.05. The van der Waals surface area contributed by atoms with Gasteiger partial charge in [0.05, 0.1) is 9.77 Å². The van der Waals surface area contributed by atoms with Crippen LogP contribution in [-0.2, 0) is 21.2 Å². The number of hydrogen-bond donors (Lipinski definition) is 4. The molecule has 0 aliphatic rings. The number of aromatic amines is 1. The quantitative estimate of drug-likeness (QED) is 0.322. The maximum absolute atomic E-state index is 13.2. The molecule has 0 radical (unpaired) electrons. The summed E-state index contributed by atoms with van der Waals surface area (Å²) in [5.74, 6) is -0.839. The SMILES string of the molecule is Cc1ccc(NC(=O)[C@@H](Cc2c[nH]c3ccccc23)NC(=O)c2cccs2)cc1S(N)(=O)=O. The van der Waals surface area contributed by atoms with Crippen LogP contribution < -0.4 is 15.8 Å². The van der Waals surface area contributed by atoms with E-state index in [0.29, 0.717) is 10.4 Å². The zero-order valence-electron chi connectivity index (χ0n) is 17.7. The van der Waals surface area contributed by atoms with Gasteiger partial charge in [0.2, 0.25) is 15.9 Å². The van der Waals surface area contributed by atoms with Crippen molar-refractivity contribution in [1.29, 1.82) is 0 Å². The highest BCUT2D eigenvalue weighted by Crippen LogP contribution is 2.22. The molecule has 0 aliphatic heterocycles. The number of rotatable bonds is 7. The van der Waals surface area contributed by atoms with E-state index in [0.717, 1.165) is 16.5 Å². The molecule has 2 amide bonds. The number of fused-ring (bicyclic) bond motifs is 1. The third-order valence-corrected chi connectivity index (χ3v) is 7.15. The van der Waals surface area contributed by atoms with Crippen molar-refractivity contribution >= 4 is 49.8 Å². The molecule has 5 N–H and O–H groups in total. The van der Waals surface area contributed by atoms with Crippen molar-refractivity contribution in [2.24, 2.45) is 5.14 Å². The molecular weight excluding hydrogens is 460 g/mol. The van der Waals surface area contributed by atoms with Crippen LogP contribution >= 0.6 is 11.3 Å². The highest BCUT2D eigenvalue weighted by Gasteiger charge is 2.24. The molecule has 33 heavy (non-hydrogen) atoms. The zero-order chi connectivity index (χ0) is 23.6. The van der Waals surface area contributed by atoms with Crippen molar-refractivity contribution < 1.29 is 18.0 Å². The fourth-order valence-corrected chi connectivity index (χ4v) is 5.02. The smallest absolute Gasteiger partial charge is 0.262 e. The number of amides is 2. The van der Waals surface area contributed by atoms with Gasteiger partial charge in [0, 0.05) is 29.2 Å². The number of anilines is 1. The predicted octanol–water partition coefficient (Wildman–Crippen LogP) is 3.17. The second kappa shape index (κ2) is 9.18. The molecule has 2 aromatic heterocycles. The Morgan fingerprint density at radius 2 is 1.91 bits per heavy atom. The molecule has 1 atom stereocenters. The maximum atomic E-state index is 13.2. The summed E-state index contributed by atoms with van der Waals surface area (Å²) in [7, 11) is -3.95. The minimum absolute atomic E-state index is 0.0731. The van der Waals surface area contributed by atoms with Gasteiger partial charge in [-0.1, -0.05) is 30.3 Å². The zero-order valence-corrected chi connectivity index (χ0v) is 19.3. The van der Waals surface area contributed by atoms with Crippen LogP contribution in [0.4, 0.5) is 5.69 Å². The number of nitrogens with two attached hydrogens (primary N) is 1. The van der Waals surface area contributed by atoms with Crippen LogP contribution in [0.5, 0.6) is 0 Å². The normalized spacial score (nSPS) is 12.4. The van der Waals surface area contributed by atoms with E-state index in [-0.39, 0.29) is 22.9 Å². The van der Waals surface area contributed by atoms with Gasteiger partial charge < -0.3 is 15.6 Å². The molecule has 2 aromatic carbocycles. The summed E-state index contributed by atoms with van der Waals surface area (Å²) in [5.41, 5.74) is 2.53. The van der Waals surface area contributed by atoms with Crippen molar-refractivity contribution in [2.45, 2.75) is 24.3 Å². The largest absolute Gasteiger partial charge is 0.361 e. The number of aryl methyl sites for hydroxylation is 1. The van der Waals surface area contributed by atoms with Crippen molar-refractivity contribution in [3.05, 3.63) is 82.2 Å². The lowest BCUT2D eigenvalue weighted by atomic mass is 10.0. The van der Waals surface area contributed by atoms with Crippen LogP contribution in [0.25, 0.3) is 10.9 Å². The van der Waals surface area contributed by atoms with E-state index in [1.165, 1.54) is 17.4 Å². The Kier molecular flexibility index (Phi) is 6.32. The predicted molar refractivity (Wildman–Crippen MR) is 129 cm³/mol. The van der Waals surface area contributed by atoms with E-state index < -0.39 is 22.0 Å². The fraction of sp³-hybridized carbons (Fsp3) is 0.130. The number of carbonyl (C=O) groups is 2. The highest BCUT2D eigenvalue weighted by atomic mass is 32.2. The van der Waals surface area contributed by atoms with Crippen LogP contribution in [0, 0.1) is 6.92 Å². The lowest BCUT2D eigenvalue weighted by Crippen LogP contribution is -2.45. The van der Waals surface area contributed by atoms with Crippen LogP contribution in [0.1, 0.15) is 20.8 Å². The van der Waals surface area contributed by atoms with Gasteiger partial charge in [-0.3, -0.25) is 9.59 Å². The first-order valence-electron chi connectivity index (χ1n) is 10.1. The minimum Gasteiger partial charge on any atom is -0.361 e. The number of primary sulfonamides is 1. The van der Waals surface area contributed by atoms with Crippen LogP contribution in [0.2, 0.25) is 0 Å². The summed E-state index contributed by atoms with van der Waals surface area (Å²) in [6.45, 7) is 1.62. The number of carbonyl (C=O) groups excluding carboxylic acids is 2. The fourth-order valence-electron chi connectivity index (χ4n) is 3.58. The van der Waals surface area contributed by atoms with Gasteiger partial charge in [-0.05, 0) is 47.7 Å². The Balaban J connectivity index is 1.62. The molecule has 0 unspecified atom stereocenters. The van der Waals surface area contributed by atoms with Crippen LogP contribution in [0.3, 0.4) is 0 Å². The van der Waals surface area contributed by atoms with Gasteiger partial charge in [-0.2, -0.15) is 0 Å². The first-order valence-corrected chi connectivity index (χ1v) is 12.5. The number of aromatic nitrogens is 1. The van der Waals surface area contributed by atoms with Gasteiger partial charge in [0.1, 0.15) is 6.04 Å². The Labute approximate surface area is 194 Å². The van der Waals surface area contributed by atoms with Crippen LogP contribution in [-0.4, -0.2) is 31.3 Å². The number of hydrogen-bond acceptors (Lipinski definition) is 5. The van der Waals surface area contributed by atoms with Gasteiger partial charge in [0.15, 0.2) is 0 Å². The number of thiophene rings is 1. The molecule has 0 saturated heterocycles. The molecule has 0 bridgehead atoms. The molecule has 8 nitrogen and oxygen atoms in total. The minimum atomic E-state index is -3.95. The average Bonchev–Trinajstić information content (AvgIpc) is 3.44. The molecule has 0 spiro atoms. The molecule has 0 saturated carbocycles. The van der Waals surface area contributed by atoms with Crippen molar-refractivity contribution in [2.75, 3.05) is 5.32 Å². The summed E-state index contributed by atoms with van der Waals surface area (Å²) >= 11 is 1.28. The summed E-state index contributed by atoms with van der Waals surface area (Å²) in [4.78, 5) is 29.5. The Hall–Kier alpha value is -3.47. The molecule has 10 heteroatoms. The summed E-state index contributed by atoms with van der Waals surface area (Å²) in [5, 5.41) is 13.5. The molecule has 170 valence electrons. The number of nitrogens with one attached hydrogen (secondary N) is 3. The second-order valence-electron chi connectivity index (χ2n) is 7.58. The van der Waals surface area contributed by atoms with E-state index in [1.54, 1.807) is 36.6 Å².